The van der Waals surface area contributed by atoms with Crippen molar-refractivity contribution >= 4 is 52.8 Å². The first-order valence-electron chi connectivity index (χ1n) is 15.9. The van der Waals surface area contributed by atoms with Gasteiger partial charge in [0.1, 0.15) is 42.6 Å². The molecule has 3 aromatic rings. The fourth-order valence-electron chi connectivity index (χ4n) is 6.24. The van der Waals surface area contributed by atoms with Gasteiger partial charge in [0, 0.05) is 22.5 Å². The van der Waals surface area contributed by atoms with Crippen molar-refractivity contribution < 1.29 is 47.3 Å². The van der Waals surface area contributed by atoms with Crippen molar-refractivity contribution in [1.82, 2.24) is 10.6 Å². The van der Waals surface area contributed by atoms with Crippen LogP contribution < -0.4 is 20.7 Å². The van der Waals surface area contributed by atoms with E-state index in [1.165, 1.54) is 55.6 Å². The average molecular weight is 762 g/mol. The maximum absolute atomic E-state index is 16.0. The van der Waals surface area contributed by atoms with E-state index >= 15 is 8.78 Å². The fraction of sp³-hybridized carbons (Fsp3) is 0.361. The van der Waals surface area contributed by atoms with Gasteiger partial charge in [-0.2, -0.15) is 5.26 Å². The minimum Gasteiger partial charge on any atom is -0.495 e. The summed E-state index contributed by atoms with van der Waals surface area (Å²) in [5, 5.41) is 27.4. The Labute approximate surface area is 308 Å². The predicted octanol–water partition coefficient (Wildman–Crippen LogP) is 6.21. The lowest BCUT2D eigenvalue weighted by Crippen LogP contribution is -2.45. The number of nitriles is 1. The van der Waals surface area contributed by atoms with Crippen molar-refractivity contribution in [2.45, 2.75) is 50.6 Å². The second-order valence-corrected chi connectivity index (χ2v) is 14.0. The highest BCUT2D eigenvalue weighted by atomic mass is 35.5. The van der Waals surface area contributed by atoms with Gasteiger partial charge in [0.15, 0.2) is 0 Å². The number of anilines is 1. The molecule has 4 atom stereocenters. The van der Waals surface area contributed by atoms with E-state index in [2.05, 4.69) is 16.7 Å². The molecule has 1 fully saturated rings. The molecule has 0 saturated carbocycles. The molecular weight excluding hydrogens is 725 g/mol. The van der Waals surface area contributed by atoms with Gasteiger partial charge in [-0.3, -0.25) is 9.59 Å². The highest BCUT2D eigenvalue weighted by Gasteiger charge is 2.61. The second-order valence-electron chi connectivity index (χ2n) is 13.1. The second kappa shape index (κ2) is 16.6. The quantitative estimate of drug-likeness (QED) is 0.123. The van der Waals surface area contributed by atoms with Gasteiger partial charge < -0.3 is 35.3 Å². The zero-order chi connectivity index (χ0) is 38.4. The van der Waals surface area contributed by atoms with Crippen LogP contribution in [-0.4, -0.2) is 68.0 Å². The number of hydrogen-bond acceptors (Lipinski definition) is 9. The van der Waals surface area contributed by atoms with Crippen LogP contribution in [0.25, 0.3) is 0 Å². The third kappa shape index (κ3) is 8.90. The number of aliphatic carboxylic acids is 1. The summed E-state index contributed by atoms with van der Waals surface area (Å²) in [6, 6.07) is 12.2. The molecule has 0 radical (unpaired) electrons. The zero-order valence-electron chi connectivity index (χ0n) is 28.5. The molecule has 276 valence electrons. The number of carboxylic acids is 1. The lowest BCUT2D eigenvalue weighted by Gasteiger charge is -2.37. The van der Waals surface area contributed by atoms with Gasteiger partial charge in [-0.15, -0.1) is 0 Å². The Kier molecular flexibility index (Phi) is 12.7. The zero-order valence-corrected chi connectivity index (χ0v) is 30.0. The smallest absolute Gasteiger partial charge is 0.407 e. The largest absolute Gasteiger partial charge is 0.495 e. The van der Waals surface area contributed by atoms with E-state index in [4.69, 9.17) is 42.5 Å². The molecule has 0 unspecified atom stereocenters. The topological polar surface area (TPSA) is 176 Å². The van der Waals surface area contributed by atoms with Gasteiger partial charge >= 0.3 is 18.0 Å². The maximum atomic E-state index is 16.0. The lowest BCUT2D eigenvalue weighted by molar-refractivity contribution is -0.135. The van der Waals surface area contributed by atoms with Crippen LogP contribution in [0.5, 0.6) is 5.75 Å². The van der Waals surface area contributed by atoms with Crippen molar-refractivity contribution in [1.29, 1.82) is 5.26 Å². The number of hydrogen-bond donors (Lipinski definition) is 4. The predicted molar refractivity (Wildman–Crippen MR) is 187 cm³/mol. The van der Waals surface area contributed by atoms with Crippen LogP contribution in [-0.2, 0) is 24.5 Å². The Morgan fingerprint density at radius 1 is 1.04 bits per heavy atom. The number of nitrogens with zero attached hydrogens (tertiary/aromatic N) is 1. The van der Waals surface area contributed by atoms with Crippen molar-refractivity contribution in [3.63, 3.8) is 0 Å². The Morgan fingerprint density at radius 3 is 2.38 bits per heavy atom. The average Bonchev–Trinajstić information content (AvgIpc) is 3.39. The van der Waals surface area contributed by atoms with Gasteiger partial charge in [0.25, 0.3) is 0 Å². The number of halogens is 4. The Morgan fingerprint density at radius 2 is 1.75 bits per heavy atom. The molecule has 1 aliphatic heterocycles. The number of carbonyl (C=O) groups excluding carboxylic acids is 3. The summed E-state index contributed by atoms with van der Waals surface area (Å²) in [4.78, 5) is 49.0. The highest BCUT2D eigenvalue weighted by molar-refractivity contribution is 6.31. The van der Waals surface area contributed by atoms with Gasteiger partial charge in [-0.1, -0.05) is 62.2 Å². The number of methoxy groups -OCH3 is 1. The molecule has 1 aliphatic rings. The van der Waals surface area contributed by atoms with E-state index < -0.39 is 70.9 Å². The van der Waals surface area contributed by atoms with Crippen LogP contribution in [0, 0.1) is 28.4 Å². The molecule has 12 nitrogen and oxygen atoms in total. The first-order valence-corrected chi connectivity index (χ1v) is 16.6. The molecular formula is C36H36Cl2F2N4O8. The van der Waals surface area contributed by atoms with E-state index in [1.807, 2.05) is 26.1 Å². The molecule has 2 amide bonds. The number of benzene rings is 3. The van der Waals surface area contributed by atoms with Crippen LogP contribution in [0.3, 0.4) is 0 Å². The first kappa shape index (κ1) is 39.8. The molecule has 0 spiro atoms. The number of ether oxygens (including phenoxy) is 3. The van der Waals surface area contributed by atoms with E-state index in [9.17, 15) is 24.4 Å². The van der Waals surface area contributed by atoms with E-state index in [-0.39, 0.29) is 57.8 Å². The number of alkyl carbamates (subject to hydrolysis) is 1. The standard InChI is InChI=1S/C36H36Cl2F2N4O8/c1-35(2,3)16-27-36(18-41,22-10-9-20(37)15-24(22)39)29(21-6-5-7-23(38)30(21)40)31(44-27)32(47)43-25-11-8-19(14-26(25)50-4)33(48)51-12-13-52-34(49)42-17-28(45)46/h5-11,14-15,27,29,31,44H,12-13,16-17H2,1-4H3,(H,42,49)(H,43,47)(H,45,46)/t27-,29-,31+,36-/m0/s1. The number of carbonyl (C=O) groups is 4. The summed E-state index contributed by atoms with van der Waals surface area (Å²) in [6.07, 6.45) is -0.740. The van der Waals surface area contributed by atoms with Crippen LogP contribution in [0.2, 0.25) is 10.0 Å². The molecule has 52 heavy (non-hydrogen) atoms. The van der Waals surface area contributed by atoms with E-state index in [0.29, 0.717) is 0 Å². The molecule has 0 aliphatic carbocycles. The Hall–Kier alpha value is -4.97. The van der Waals surface area contributed by atoms with Crippen molar-refractivity contribution in [2.75, 3.05) is 32.2 Å². The monoisotopic (exact) mass is 760 g/mol. The highest BCUT2D eigenvalue weighted by Crippen LogP contribution is 2.53. The third-order valence-electron chi connectivity index (χ3n) is 8.36. The van der Waals surface area contributed by atoms with Gasteiger partial charge in [-0.05, 0) is 53.8 Å². The SMILES string of the molecule is COc1cc(C(=O)OCCOC(=O)NCC(=O)O)ccc1NC(=O)[C@@H]1N[C@@H](CC(C)(C)C)[C@](C#N)(c2ccc(Cl)cc2F)[C@H]1c1cccc(Cl)c1F. The summed E-state index contributed by atoms with van der Waals surface area (Å²) < 4.78 is 47.1. The third-order valence-corrected chi connectivity index (χ3v) is 8.89. The molecule has 1 saturated heterocycles. The van der Waals surface area contributed by atoms with Gasteiger partial charge in [0.2, 0.25) is 5.91 Å². The van der Waals surface area contributed by atoms with E-state index in [0.717, 1.165) is 6.07 Å². The van der Waals surface area contributed by atoms with Crippen LogP contribution >= 0.6 is 23.2 Å². The minimum atomic E-state index is -1.84. The molecule has 1 heterocycles. The van der Waals surface area contributed by atoms with Crippen LogP contribution in [0.4, 0.5) is 19.3 Å². The van der Waals surface area contributed by atoms with Crippen LogP contribution in [0.1, 0.15) is 54.6 Å². The van der Waals surface area contributed by atoms with Crippen molar-refractivity contribution in [3.05, 3.63) is 93.0 Å². The Balaban J connectivity index is 1.67. The lowest BCUT2D eigenvalue weighted by atomic mass is 9.62. The Bertz CT molecular complexity index is 1900. The van der Waals surface area contributed by atoms with Crippen molar-refractivity contribution in [3.8, 4) is 11.8 Å². The summed E-state index contributed by atoms with van der Waals surface area (Å²) in [7, 11) is 1.30. The first-order chi connectivity index (χ1) is 24.5. The normalized spacial score (nSPS) is 19.6. The minimum absolute atomic E-state index is 0.00926. The molecule has 0 bridgehead atoms. The molecule has 4 N–H and O–H groups in total. The number of rotatable bonds is 12. The molecule has 0 aromatic heterocycles. The van der Waals surface area contributed by atoms with E-state index in [1.54, 1.807) is 0 Å². The summed E-state index contributed by atoms with van der Waals surface area (Å²) in [5.41, 5.74) is -2.33. The summed E-state index contributed by atoms with van der Waals surface area (Å²) in [6.45, 7) is 4.40. The molecule has 4 rings (SSSR count). The number of nitrogens with one attached hydrogen (secondary N) is 3. The molecule has 16 heteroatoms. The molecule has 3 aromatic carbocycles. The fourth-order valence-corrected chi connectivity index (χ4v) is 6.58. The van der Waals surface area contributed by atoms with Crippen LogP contribution in [0.15, 0.2) is 54.6 Å². The van der Waals surface area contributed by atoms with Gasteiger partial charge in [-0.25, -0.2) is 18.4 Å². The number of amides is 2. The summed E-state index contributed by atoms with van der Waals surface area (Å²) in [5.74, 6) is -5.76. The summed E-state index contributed by atoms with van der Waals surface area (Å²) >= 11 is 12.3. The van der Waals surface area contributed by atoms with Crippen molar-refractivity contribution in [2.24, 2.45) is 5.41 Å². The number of carboxylic acid groups (broad SMARTS) is 1. The number of esters is 1. The maximum Gasteiger partial charge on any atom is 0.407 e. The van der Waals surface area contributed by atoms with Gasteiger partial charge in [0.05, 0.1) is 35.5 Å².